The first-order chi connectivity index (χ1) is 19.7. The van der Waals surface area contributed by atoms with E-state index in [1.807, 2.05) is 0 Å². The molecule has 0 spiro atoms. The van der Waals surface area contributed by atoms with Crippen LogP contribution in [0, 0.1) is 6.92 Å². The average Bonchev–Trinajstić information content (AvgIpc) is 3.35. The molecule has 1 aromatic heterocycles. The van der Waals surface area contributed by atoms with E-state index < -0.39 is 0 Å². The highest BCUT2D eigenvalue weighted by atomic mass is 15.1. The van der Waals surface area contributed by atoms with Crippen molar-refractivity contribution in [3.63, 3.8) is 0 Å². The third-order valence-electron chi connectivity index (χ3n) is 7.79. The van der Waals surface area contributed by atoms with Crippen molar-refractivity contribution < 1.29 is 0 Å². The van der Waals surface area contributed by atoms with Crippen LogP contribution in [0.25, 0.3) is 33.1 Å². The SMILES string of the molecule is C=C1/C=C(c2ccc3c(c2)c2ccccc2n3-c2ccccc2)\C=C/Cc2ccccc2N1c1ccc(C)cc1. The Labute approximate surface area is 235 Å². The summed E-state index contributed by atoms with van der Waals surface area (Å²) in [6.45, 7) is 6.70. The molecule has 40 heavy (non-hydrogen) atoms. The molecule has 0 radical (unpaired) electrons. The molecule has 2 nitrogen and oxygen atoms in total. The number of aromatic nitrogens is 1. The number of nitrogens with zero attached hydrogens (tertiary/aromatic N) is 2. The van der Waals surface area contributed by atoms with Crippen LogP contribution in [-0.2, 0) is 6.42 Å². The van der Waals surface area contributed by atoms with Gasteiger partial charge in [0.25, 0.3) is 0 Å². The van der Waals surface area contributed by atoms with Gasteiger partial charge < -0.3 is 9.47 Å². The summed E-state index contributed by atoms with van der Waals surface area (Å²) in [4.78, 5) is 2.28. The maximum Gasteiger partial charge on any atom is 0.0541 e. The molecule has 192 valence electrons. The van der Waals surface area contributed by atoms with Gasteiger partial charge in [-0.1, -0.05) is 97.1 Å². The normalized spacial score (nSPS) is 15.7. The first kappa shape index (κ1) is 24.0. The molecule has 0 saturated carbocycles. The van der Waals surface area contributed by atoms with Crippen molar-refractivity contribution in [3.05, 3.63) is 169 Å². The lowest BCUT2D eigenvalue weighted by molar-refractivity contribution is 1.16. The Balaban J connectivity index is 1.39. The molecule has 2 heterocycles. The fraction of sp³-hybridized carbons (Fsp3) is 0.0526. The van der Waals surface area contributed by atoms with Gasteiger partial charge in [-0.25, -0.2) is 0 Å². The largest absolute Gasteiger partial charge is 0.311 e. The van der Waals surface area contributed by atoms with Crippen LogP contribution in [0.15, 0.2) is 152 Å². The highest BCUT2D eigenvalue weighted by Crippen LogP contribution is 2.37. The second kappa shape index (κ2) is 9.91. The molecule has 0 saturated heterocycles. The smallest absolute Gasteiger partial charge is 0.0541 e. The van der Waals surface area contributed by atoms with Crippen molar-refractivity contribution in [3.8, 4) is 5.69 Å². The fourth-order valence-electron chi connectivity index (χ4n) is 5.85. The van der Waals surface area contributed by atoms with Crippen LogP contribution in [0.5, 0.6) is 0 Å². The van der Waals surface area contributed by atoms with Gasteiger partial charge in [0.05, 0.1) is 11.0 Å². The predicted octanol–water partition coefficient (Wildman–Crippen LogP) is 9.94. The first-order valence-electron chi connectivity index (χ1n) is 13.8. The number of rotatable bonds is 3. The molecule has 7 rings (SSSR count). The van der Waals surface area contributed by atoms with Gasteiger partial charge in [0.1, 0.15) is 0 Å². The van der Waals surface area contributed by atoms with E-state index in [9.17, 15) is 0 Å². The zero-order valence-corrected chi connectivity index (χ0v) is 22.6. The summed E-state index contributed by atoms with van der Waals surface area (Å²) in [6, 6.07) is 43.4. The predicted molar refractivity (Wildman–Crippen MR) is 171 cm³/mol. The van der Waals surface area contributed by atoms with E-state index in [2.05, 4.69) is 163 Å². The van der Waals surface area contributed by atoms with E-state index in [0.717, 1.165) is 23.4 Å². The molecule has 0 unspecified atom stereocenters. The molecule has 2 heteroatoms. The molecular formula is C38H30N2. The van der Waals surface area contributed by atoms with Gasteiger partial charge >= 0.3 is 0 Å². The number of hydrogen-bond donors (Lipinski definition) is 0. The van der Waals surface area contributed by atoms with Crippen LogP contribution < -0.4 is 4.90 Å². The lowest BCUT2D eigenvalue weighted by Crippen LogP contribution is -2.16. The second-order valence-electron chi connectivity index (χ2n) is 10.4. The monoisotopic (exact) mass is 514 g/mol. The van der Waals surface area contributed by atoms with E-state index in [1.165, 1.54) is 49.9 Å². The molecule has 6 aromatic rings. The van der Waals surface area contributed by atoms with Crippen LogP contribution in [0.2, 0.25) is 0 Å². The Morgan fingerprint density at radius 1 is 0.650 bits per heavy atom. The van der Waals surface area contributed by atoms with E-state index >= 15 is 0 Å². The van der Waals surface area contributed by atoms with Crippen molar-refractivity contribution in [2.75, 3.05) is 4.90 Å². The molecule has 1 aliphatic rings. The second-order valence-corrected chi connectivity index (χ2v) is 10.4. The van der Waals surface area contributed by atoms with Gasteiger partial charge in [-0.15, -0.1) is 0 Å². The number of allylic oxidation sites excluding steroid dienone is 4. The van der Waals surface area contributed by atoms with Gasteiger partial charge in [-0.3, -0.25) is 0 Å². The summed E-state index contributed by atoms with van der Waals surface area (Å²) in [5.41, 5.74) is 11.6. The van der Waals surface area contributed by atoms with Crippen LogP contribution in [0.3, 0.4) is 0 Å². The molecule has 0 atom stereocenters. The minimum absolute atomic E-state index is 0.846. The quantitative estimate of drug-likeness (QED) is 0.228. The van der Waals surface area contributed by atoms with Gasteiger partial charge in [-0.2, -0.15) is 0 Å². The lowest BCUT2D eigenvalue weighted by atomic mass is 10.0. The zero-order chi connectivity index (χ0) is 27.1. The molecule has 1 aliphatic heterocycles. The fourth-order valence-corrected chi connectivity index (χ4v) is 5.85. The van der Waals surface area contributed by atoms with Crippen molar-refractivity contribution >= 4 is 38.8 Å². The molecule has 0 bridgehead atoms. The number of benzene rings is 5. The Kier molecular flexibility index (Phi) is 5.94. The lowest BCUT2D eigenvalue weighted by Gasteiger charge is -2.28. The topological polar surface area (TPSA) is 8.17 Å². The maximum atomic E-state index is 4.58. The van der Waals surface area contributed by atoms with Crippen LogP contribution in [0.1, 0.15) is 16.7 Å². The highest BCUT2D eigenvalue weighted by Gasteiger charge is 2.18. The van der Waals surface area contributed by atoms with Crippen molar-refractivity contribution in [2.24, 2.45) is 0 Å². The third kappa shape index (κ3) is 4.15. The third-order valence-corrected chi connectivity index (χ3v) is 7.79. The number of aryl methyl sites for hydroxylation is 1. The summed E-state index contributed by atoms with van der Waals surface area (Å²) in [5.74, 6) is 0. The summed E-state index contributed by atoms with van der Waals surface area (Å²) < 4.78 is 2.36. The van der Waals surface area contributed by atoms with Gasteiger partial charge in [0, 0.05) is 33.5 Å². The standard InChI is InChI=1S/C38H30N2/c1-27-19-22-33(23-20-27)39-28(2)25-30(13-10-12-29-11-6-8-17-36(29)39)31-21-24-38-35(26-31)34-16-7-9-18-37(34)40(38)32-14-4-3-5-15-32/h3-11,13-26H,2,12H2,1H3/b13-10-,30-25+. The molecule has 0 amide bonds. The Morgan fingerprint density at radius 3 is 2.23 bits per heavy atom. The first-order valence-corrected chi connectivity index (χ1v) is 13.8. The summed E-state index contributed by atoms with van der Waals surface area (Å²) >= 11 is 0. The van der Waals surface area contributed by atoms with Crippen molar-refractivity contribution in [1.29, 1.82) is 0 Å². The molecular weight excluding hydrogens is 484 g/mol. The number of hydrogen-bond acceptors (Lipinski definition) is 1. The molecule has 0 N–H and O–H groups in total. The van der Waals surface area contributed by atoms with E-state index in [4.69, 9.17) is 0 Å². The van der Waals surface area contributed by atoms with Crippen LogP contribution >= 0.6 is 0 Å². The summed E-state index contributed by atoms with van der Waals surface area (Å²) in [6.07, 6.45) is 7.58. The van der Waals surface area contributed by atoms with E-state index in [1.54, 1.807) is 0 Å². The van der Waals surface area contributed by atoms with E-state index in [0.29, 0.717) is 0 Å². The number of anilines is 2. The summed E-state index contributed by atoms with van der Waals surface area (Å²) in [7, 11) is 0. The Bertz CT molecular complexity index is 1940. The van der Waals surface area contributed by atoms with Crippen molar-refractivity contribution in [2.45, 2.75) is 13.3 Å². The van der Waals surface area contributed by atoms with Crippen LogP contribution in [0.4, 0.5) is 11.4 Å². The zero-order valence-electron chi connectivity index (χ0n) is 22.6. The number of fused-ring (bicyclic) bond motifs is 4. The van der Waals surface area contributed by atoms with Gasteiger partial charge in [0.15, 0.2) is 0 Å². The highest BCUT2D eigenvalue weighted by molar-refractivity contribution is 6.10. The van der Waals surface area contributed by atoms with Crippen molar-refractivity contribution in [1.82, 2.24) is 4.57 Å². The Morgan fingerprint density at radius 2 is 1.38 bits per heavy atom. The van der Waals surface area contributed by atoms with Crippen LogP contribution in [-0.4, -0.2) is 4.57 Å². The molecule has 0 aliphatic carbocycles. The minimum atomic E-state index is 0.846. The average molecular weight is 515 g/mol. The molecule has 5 aromatic carbocycles. The maximum absolute atomic E-state index is 4.58. The van der Waals surface area contributed by atoms with Gasteiger partial charge in [-0.05, 0) is 84.7 Å². The number of para-hydroxylation sites is 3. The van der Waals surface area contributed by atoms with E-state index in [-0.39, 0.29) is 0 Å². The molecule has 0 fully saturated rings. The summed E-state index contributed by atoms with van der Waals surface area (Å²) in [5, 5.41) is 2.50. The minimum Gasteiger partial charge on any atom is -0.311 e. The Hall–Kier alpha value is -5.08. The van der Waals surface area contributed by atoms with Gasteiger partial charge in [0.2, 0.25) is 0 Å².